The average Bonchev–Trinajstić information content (AvgIpc) is 2.23. The monoisotopic (exact) mass is 220 g/mol. The molecule has 0 amide bonds. The Labute approximate surface area is 88.7 Å². The van der Waals surface area contributed by atoms with Crippen LogP contribution in [0.4, 0.5) is 4.39 Å². The molecule has 4 nitrogen and oxygen atoms in total. The summed E-state index contributed by atoms with van der Waals surface area (Å²) in [5, 5.41) is 0. The van der Waals surface area contributed by atoms with Crippen molar-refractivity contribution in [3.63, 3.8) is 0 Å². The number of halogens is 1. The van der Waals surface area contributed by atoms with Crippen LogP contribution in [0.2, 0.25) is 0 Å². The van der Waals surface area contributed by atoms with E-state index in [1.165, 1.54) is 0 Å². The SMILES string of the molecule is CCC(C)(C)C(=O)OCCOC(=O)CF. The van der Waals surface area contributed by atoms with Crippen LogP contribution in [0, 0.1) is 5.41 Å². The molecule has 15 heavy (non-hydrogen) atoms. The van der Waals surface area contributed by atoms with Crippen LogP contribution in [-0.2, 0) is 19.1 Å². The normalized spacial score (nSPS) is 10.9. The number of esters is 2. The van der Waals surface area contributed by atoms with E-state index in [0.717, 1.165) is 0 Å². The third kappa shape index (κ3) is 5.34. The van der Waals surface area contributed by atoms with Gasteiger partial charge in [0.05, 0.1) is 5.41 Å². The molecular weight excluding hydrogens is 203 g/mol. The molecule has 0 aliphatic heterocycles. The highest BCUT2D eigenvalue weighted by Crippen LogP contribution is 2.21. The first-order valence-electron chi connectivity index (χ1n) is 4.83. The Kier molecular flexibility index (Phi) is 5.89. The lowest BCUT2D eigenvalue weighted by atomic mass is 9.91. The van der Waals surface area contributed by atoms with E-state index < -0.39 is 18.1 Å². The summed E-state index contributed by atoms with van der Waals surface area (Å²) in [4.78, 5) is 21.7. The first-order valence-corrected chi connectivity index (χ1v) is 4.83. The Hall–Kier alpha value is -1.13. The minimum Gasteiger partial charge on any atom is -0.462 e. The smallest absolute Gasteiger partial charge is 0.337 e. The number of hydrogen-bond acceptors (Lipinski definition) is 4. The predicted molar refractivity (Wildman–Crippen MR) is 52.0 cm³/mol. The topological polar surface area (TPSA) is 52.6 Å². The van der Waals surface area contributed by atoms with Crippen LogP contribution in [0.1, 0.15) is 27.2 Å². The zero-order valence-corrected chi connectivity index (χ0v) is 9.34. The Morgan fingerprint density at radius 1 is 1.20 bits per heavy atom. The van der Waals surface area contributed by atoms with Crippen molar-refractivity contribution in [2.45, 2.75) is 27.2 Å². The van der Waals surface area contributed by atoms with E-state index in [1.54, 1.807) is 13.8 Å². The molecule has 0 saturated carbocycles. The average molecular weight is 220 g/mol. The zero-order valence-electron chi connectivity index (χ0n) is 9.34. The van der Waals surface area contributed by atoms with E-state index in [2.05, 4.69) is 4.74 Å². The van der Waals surface area contributed by atoms with E-state index >= 15 is 0 Å². The van der Waals surface area contributed by atoms with Crippen LogP contribution < -0.4 is 0 Å². The van der Waals surface area contributed by atoms with Gasteiger partial charge in [-0.15, -0.1) is 0 Å². The summed E-state index contributed by atoms with van der Waals surface area (Å²) in [6.07, 6.45) is 0.663. The largest absolute Gasteiger partial charge is 0.462 e. The number of ether oxygens (including phenoxy) is 2. The van der Waals surface area contributed by atoms with Gasteiger partial charge in [0.1, 0.15) is 13.2 Å². The van der Waals surface area contributed by atoms with Crippen molar-refractivity contribution in [1.29, 1.82) is 0 Å². The van der Waals surface area contributed by atoms with E-state index in [0.29, 0.717) is 6.42 Å². The van der Waals surface area contributed by atoms with Crippen LogP contribution in [-0.4, -0.2) is 31.8 Å². The number of carbonyl (C=O) groups is 2. The fourth-order valence-electron chi connectivity index (χ4n) is 0.668. The molecule has 0 rings (SSSR count). The highest BCUT2D eigenvalue weighted by atomic mass is 19.1. The van der Waals surface area contributed by atoms with Crippen molar-refractivity contribution in [2.75, 3.05) is 19.9 Å². The fraction of sp³-hybridized carbons (Fsp3) is 0.800. The molecular formula is C10H17FO4. The summed E-state index contributed by atoms with van der Waals surface area (Å²) >= 11 is 0. The lowest BCUT2D eigenvalue weighted by Crippen LogP contribution is -2.27. The highest BCUT2D eigenvalue weighted by molar-refractivity contribution is 5.75. The van der Waals surface area contributed by atoms with Gasteiger partial charge in [-0.25, -0.2) is 9.18 Å². The van der Waals surface area contributed by atoms with Crippen molar-refractivity contribution < 1.29 is 23.5 Å². The van der Waals surface area contributed by atoms with E-state index in [1.807, 2.05) is 6.92 Å². The molecule has 0 unspecified atom stereocenters. The summed E-state index contributed by atoms with van der Waals surface area (Å²) in [7, 11) is 0. The van der Waals surface area contributed by atoms with Crippen molar-refractivity contribution in [3.8, 4) is 0 Å². The molecule has 0 fully saturated rings. The summed E-state index contributed by atoms with van der Waals surface area (Å²) in [6.45, 7) is 4.12. The number of rotatable bonds is 6. The van der Waals surface area contributed by atoms with E-state index in [-0.39, 0.29) is 19.2 Å². The molecule has 0 aliphatic rings. The van der Waals surface area contributed by atoms with Crippen LogP contribution >= 0.6 is 0 Å². The molecule has 0 heterocycles. The van der Waals surface area contributed by atoms with Gasteiger partial charge in [0.15, 0.2) is 6.67 Å². The van der Waals surface area contributed by atoms with Crippen molar-refractivity contribution >= 4 is 11.9 Å². The van der Waals surface area contributed by atoms with Gasteiger partial charge in [-0.2, -0.15) is 0 Å². The zero-order chi connectivity index (χ0) is 11.9. The standard InChI is InChI=1S/C10H17FO4/c1-4-10(2,3)9(13)15-6-5-14-8(12)7-11/h4-7H2,1-3H3. The van der Waals surface area contributed by atoms with Crippen LogP contribution in [0.15, 0.2) is 0 Å². The van der Waals surface area contributed by atoms with Gasteiger partial charge in [-0.3, -0.25) is 4.79 Å². The fourth-order valence-corrected chi connectivity index (χ4v) is 0.668. The summed E-state index contributed by atoms with van der Waals surface area (Å²) in [6, 6.07) is 0. The van der Waals surface area contributed by atoms with Crippen LogP contribution in [0.25, 0.3) is 0 Å². The first-order chi connectivity index (χ1) is 6.94. The maximum absolute atomic E-state index is 11.6. The van der Waals surface area contributed by atoms with Gasteiger partial charge < -0.3 is 9.47 Å². The molecule has 0 bridgehead atoms. The number of alkyl halides is 1. The Morgan fingerprint density at radius 3 is 2.20 bits per heavy atom. The minimum atomic E-state index is -1.16. The molecule has 0 aromatic heterocycles. The molecule has 88 valence electrons. The molecule has 0 aromatic rings. The molecule has 0 aliphatic carbocycles. The Bertz CT molecular complexity index is 225. The van der Waals surface area contributed by atoms with Gasteiger partial charge in [-0.1, -0.05) is 6.92 Å². The van der Waals surface area contributed by atoms with Gasteiger partial charge in [-0.05, 0) is 20.3 Å². The van der Waals surface area contributed by atoms with E-state index in [4.69, 9.17) is 4.74 Å². The third-order valence-electron chi connectivity index (χ3n) is 2.13. The van der Waals surface area contributed by atoms with Gasteiger partial charge in [0.25, 0.3) is 0 Å². The van der Waals surface area contributed by atoms with Crippen molar-refractivity contribution in [2.24, 2.45) is 5.41 Å². The molecule has 0 spiro atoms. The van der Waals surface area contributed by atoms with Crippen LogP contribution in [0.3, 0.4) is 0 Å². The quantitative estimate of drug-likeness (QED) is 0.502. The highest BCUT2D eigenvalue weighted by Gasteiger charge is 2.26. The predicted octanol–water partition coefficient (Wildman–Crippen LogP) is 1.48. The molecule has 0 atom stereocenters. The van der Waals surface area contributed by atoms with Crippen molar-refractivity contribution in [3.05, 3.63) is 0 Å². The second-order valence-electron chi connectivity index (χ2n) is 3.73. The Morgan fingerprint density at radius 2 is 1.73 bits per heavy atom. The molecule has 0 radical (unpaired) electrons. The minimum absolute atomic E-state index is 0.0337. The summed E-state index contributed by atoms with van der Waals surface area (Å²) in [5.41, 5.74) is -0.538. The lowest BCUT2D eigenvalue weighted by molar-refractivity contribution is -0.159. The van der Waals surface area contributed by atoms with Gasteiger partial charge in [0.2, 0.25) is 0 Å². The lowest BCUT2D eigenvalue weighted by Gasteiger charge is -2.20. The second kappa shape index (κ2) is 6.37. The van der Waals surface area contributed by atoms with Gasteiger partial charge in [0, 0.05) is 0 Å². The van der Waals surface area contributed by atoms with E-state index in [9.17, 15) is 14.0 Å². The molecule has 0 N–H and O–H groups in total. The number of hydrogen-bond donors (Lipinski definition) is 0. The second-order valence-corrected chi connectivity index (χ2v) is 3.73. The maximum atomic E-state index is 11.6. The van der Waals surface area contributed by atoms with Gasteiger partial charge >= 0.3 is 11.9 Å². The number of carbonyl (C=O) groups excluding carboxylic acids is 2. The third-order valence-corrected chi connectivity index (χ3v) is 2.13. The molecule has 0 aromatic carbocycles. The molecule has 0 saturated heterocycles. The Balaban J connectivity index is 3.69. The molecule has 5 heteroatoms. The van der Waals surface area contributed by atoms with Crippen molar-refractivity contribution in [1.82, 2.24) is 0 Å². The maximum Gasteiger partial charge on any atom is 0.337 e. The summed E-state index contributed by atoms with van der Waals surface area (Å²) in [5.74, 6) is -1.29. The first kappa shape index (κ1) is 13.9. The summed E-state index contributed by atoms with van der Waals surface area (Å²) < 4.78 is 20.9. The van der Waals surface area contributed by atoms with Crippen LogP contribution in [0.5, 0.6) is 0 Å².